The predicted octanol–water partition coefficient (Wildman–Crippen LogP) is 4.28. The Morgan fingerprint density at radius 3 is 2.42 bits per heavy atom. The smallest absolute Gasteiger partial charge is 0.243 e. The van der Waals surface area contributed by atoms with Gasteiger partial charge in [0.1, 0.15) is 0 Å². The van der Waals surface area contributed by atoms with Gasteiger partial charge in [0.15, 0.2) is 11.6 Å². The average molecular weight is 467 g/mol. The Bertz CT molecular complexity index is 1090. The highest BCUT2D eigenvalue weighted by Gasteiger charge is 2.35. The number of anilines is 1. The van der Waals surface area contributed by atoms with Crippen LogP contribution < -0.4 is 4.90 Å². The van der Waals surface area contributed by atoms with Crippen molar-refractivity contribution in [2.24, 2.45) is 5.92 Å². The second-order valence-corrected chi connectivity index (χ2v) is 11.3. The number of fused-ring (bicyclic) bond motifs is 1. The van der Waals surface area contributed by atoms with Gasteiger partial charge in [-0.3, -0.25) is 4.79 Å². The number of hydrogen-bond donors (Lipinski definition) is 0. The van der Waals surface area contributed by atoms with E-state index in [9.17, 15) is 22.0 Å². The molecule has 0 aliphatic carbocycles. The third kappa shape index (κ3) is 4.49. The van der Waals surface area contributed by atoms with Crippen LogP contribution in [0, 0.1) is 17.6 Å². The molecule has 2 aromatic rings. The van der Waals surface area contributed by atoms with Crippen molar-refractivity contribution in [1.29, 1.82) is 0 Å². The second-order valence-electron chi connectivity index (χ2n) is 7.93. The van der Waals surface area contributed by atoms with E-state index in [1.807, 2.05) is 29.2 Å². The summed E-state index contributed by atoms with van der Waals surface area (Å²) in [5, 5.41) is 0.405. The molecule has 1 atom stereocenters. The van der Waals surface area contributed by atoms with Crippen LogP contribution in [0.4, 0.5) is 14.5 Å². The molecule has 1 unspecified atom stereocenters. The Labute approximate surface area is 185 Å². The predicted molar refractivity (Wildman–Crippen MR) is 117 cm³/mol. The number of hydrogen-bond acceptors (Lipinski definition) is 4. The van der Waals surface area contributed by atoms with E-state index in [2.05, 4.69) is 6.92 Å². The van der Waals surface area contributed by atoms with E-state index in [0.29, 0.717) is 30.7 Å². The fraction of sp³-hybridized carbons (Fsp3) is 0.409. The van der Waals surface area contributed by atoms with E-state index >= 15 is 0 Å². The number of thioether (sulfide) groups is 1. The topological polar surface area (TPSA) is 57.7 Å². The molecule has 166 valence electrons. The van der Waals surface area contributed by atoms with Gasteiger partial charge in [-0.25, -0.2) is 17.2 Å². The molecule has 2 aliphatic heterocycles. The maximum atomic E-state index is 13.5. The molecule has 4 rings (SSSR count). The lowest BCUT2D eigenvalue weighted by Crippen LogP contribution is -2.44. The van der Waals surface area contributed by atoms with Gasteiger partial charge in [-0.15, -0.1) is 11.8 Å². The molecular weight excluding hydrogens is 442 g/mol. The van der Waals surface area contributed by atoms with Gasteiger partial charge in [0.2, 0.25) is 15.9 Å². The van der Waals surface area contributed by atoms with Crippen molar-refractivity contribution in [2.75, 3.05) is 24.5 Å². The lowest BCUT2D eigenvalue weighted by atomic mass is 9.96. The third-order valence-electron chi connectivity index (χ3n) is 5.84. The van der Waals surface area contributed by atoms with Gasteiger partial charge in [0, 0.05) is 35.7 Å². The van der Waals surface area contributed by atoms with Crippen LogP contribution in [0.15, 0.2) is 52.3 Å². The van der Waals surface area contributed by atoms with Gasteiger partial charge >= 0.3 is 0 Å². The fourth-order valence-corrected chi connectivity index (χ4v) is 6.66. The first-order valence-electron chi connectivity index (χ1n) is 10.3. The maximum Gasteiger partial charge on any atom is 0.243 e. The van der Waals surface area contributed by atoms with Crippen LogP contribution in [-0.4, -0.2) is 43.5 Å². The molecule has 0 radical (unpaired) electrons. The molecule has 2 aromatic carbocycles. The molecule has 1 fully saturated rings. The molecule has 0 spiro atoms. The molecule has 0 aromatic heterocycles. The number of rotatable bonds is 3. The van der Waals surface area contributed by atoms with Gasteiger partial charge in [-0.1, -0.05) is 19.1 Å². The van der Waals surface area contributed by atoms with Crippen LogP contribution in [0.3, 0.4) is 0 Å². The highest BCUT2D eigenvalue weighted by atomic mass is 32.2. The average Bonchev–Trinajstić information content (AvgIpc) is 2.93. The second kappa shape index (κ2) is 8.88. The monoisotopic (exact) mass is 466 g/mol. The van der Waals surface area contributed by atoms with E-state index in [4.69, 9.17) is 0 Å². The number of sulfonamides is 1. The largest absolute Gasteiger partial charge is 0.311 e. The number of piperidine rings is 1. The van der Waals surface area contributed by atoms with E-state index < -0.39 is 21.7 Å². The third-order valence-corrected chi connectivity index (χ3v) is 8.97. The van der Waals surface area contributed by atoms with Crippen LogP contribution in [0.25, 0.3) is 0 Å². The first kappa shape index (κ1) is 22.2. The Hall–Kier alpha value is -1.97. The molecule has 9 heteroatoms. The number of halogens is 2. The maximum absolute atomic E-state index is 13.5. The summed E-state index contributed by atoms with van der Waals surface area (Å²) in [4.78, 5) is 16.0. The number of nitrogens with zero attached hydrogens (tertiary/aromatic N) is 2. The van der Waals surface area contributed by atoms with E-state index in [0.717, 1.165) is 29.1 Å². The van der Waals surface area contributed by atoms with Gasteiger partial charge in [-0.05, 0) is 49.6 Å². The van der Waals surface area contributed by atoms with Crippen LogP contribution in [-0.2, 0) is 14.8 Å². The minimum absolute atomic E-state index is 0.0204. The molecule has 0 N–H and O–H groups in total. The molecule has 0 bridgehead atoms. The summed E-state index contributed by atoms with van der Waals surface area (Å²) in [5.74, 6) is -2.54. The lowest BCUT2D eigenvalue weighted by molar-refractivity contribution is -0.123. The molecule has 1 amide bonds. The zero-order valence-electron chi connectivity index (χ0n) is 17.1. The molecule has 1 saturated heterocycles. The SMILES string of the molecule is CC1CCN(C(=O)C2CCN(S(=O)(=O)c3ccc(F)c(F)c3)CC2)c2ccccc2S1. The minimum Gasteiger partial charge on any atom is -0.311 e. The highest BCUT2D eigenvalue weighted by Crippen LogP contribution is 2.38. The highest BCUT2D eigenvalue weighted by molar-refractivity contribution is 8.00. The number of para-hydroxylation sites is 1. The van der Waals surface area contributed by atoms with Gasteiger partial charge in [0.05, 0.1) is 10.6 Å². The summed E-state index contributed by atoms with van der Waals surface area (Å²) in [6.07, 6.45) is 1.67. The number of carbonyl (C=O) groups is 1. The molecule has 31 heavy (non-hydrogen) atoms. The summed E-state index contributed by atoms with van der Waals surface area (Å²) in [6.45, 7) is 3.12. The van der Waals surface area contributed by atoms with E-state index in [1.165, 1.54) is 4.31 Å². The minimum atomic E-state index is -3.94. The molecule has 0 saturated carbocycles. The van der Waals surface area contributed by atoms with Crippen molar-refractivity contribution in [3.05, 3.63) is 54.1 Å². The van der Waals surface area contributed by atoms with Crippen LogP contribution >= 0.6 is 11.8 Å². The van der Waals surface area contributed by atoms with Crippen LogP contribution in [0.2, 0.25) is 0 Å². The number of carbonyl (C=O) groups excluding carboxylic acids is 1. The first-order valence-corrected chi connectivity index (χ1v) is 12.6. The van der Waals surface area contributed by atoms with E-state index in [1.54, 1.807) is 11.8 Å². The molecule has 5 nitrogen and oxygen atoms in total. The quantitative estimate of drug-likeness (QED) is 0.678. The standard InChI is InChI=1S/C22H24F2N2O3S2/c1-15-8-13-26(20-4-2-3-5-21(20)30-15)22(27)16-9-11-25(12-10-16)31(28,29)17-6-7-18(23)19(24)14-17/h2-7,14-16H,8-13H2,1H3. The zero-order valence-corrected chi connectivity index (χ0v) is 18.8. The Balaban J connectivity index is 1.47. The lowest BCUT2D eigenvalue weighted by Gasteiger charge is -2.33. The zero-order chi connectivity index (χ0) is 22.2. The summed E-state index contributed by atoms with van der Waals surface area (Å²) >= 11 is 1.77. The Morgan fingerprint density at radius 2 is 1.71 bits per heavy atom. The van der Waals surface area contributed by atoms with Crippen molar-refractivity contribution in [3.8, 4) is 0 Å². The van der Waals surface area contributed by atoms with Gasteiger partial charge in [-0.2, -0.15) is 4.31 Å². The van der Waals surface area contributed by atoms with Crippen molar-refractivity contribution in [1.82, 2.24) is 4.31 Å². The number of benzene rings is 2. The van der Waals surface area contributed by atoms with Crippen molar-refractivity contribution < 1.29 is 22.0 Å². The van der Waals surface area contributed by atoms with Gasteiger partial charge in [0.25, 0.3) is 0 Å². The Kier molecular flexibility index (Phi) is 6.37. The van der Waals surface area contributed by atoms with Crippen molar-refractivity contribution in [3.63, 3.8) is 0 Å². The Morgan fingerprint density at radius 1 is 1.00 bits per heavy atom. The van der Waals surface area contributed by atoms with Gasteiger partial charge < -0.3 is 4.90 Å². The van der Waals surface area contributed by atoms with E-state index in [-0.39, 0.29) is 29.8 Å². The van der Waals surface area contributed by atoms with Crippen LogP contribution in [0.1, 0.15) is 26.2 Å². The first-order chi connectivity index (χ1) is 14.8. The normalized spacial score (nSPS) is 20.9. The number of amides is 1. The molecular formula is C22H24F2N2O3S2. The summed E-state index contributed by atoms with van der Waals surface area (Å²) in [6, 6.07) is 10.5. The fourth-order valence-electron chi connectivity index (χ4n) is 4.07. The summed E-state index contributed by atoms with van der Waals surface area (Å²) < 4.78 is 53.6. The summed E-state index contributed by atoms with van der Waals surface area (Å²) in [7, 11) is -3.94. The summed E-state index contributed by atoms with van der Waals surface area (Å²) in [5.41, 5.74) is 0.915. The van der Waals surface area contributed by atoms with Crippen molar-refractivity contribution in [2.45, 2.75) is 41.2 Å². The van der Waals surface area contributed by atoms with Crippen molar-refractivity contribution >= 4 is 33.4 Å². The molecule has 2 aliphatic rings. The van der Waals surface area contributed by atoms with Crippen LogP contribution in [0.5, 0.6) is 0 Å². The molecule has 2 heterocycles.